The van der Waals surface area contributed by atoms with Crippen LogP contribution in [-0.2, 0) is 9.53 Å². The van der Waals surface area contributed by atoms with Gasteiger partial charge in [-0.05, 0) is 90.0 Å². The number of allylic oxidation sites excluding steroid dienone is 1. The largest absolute Gasteiger partial charge is 0.450 e. The Kier molecular flexibility index (Phi) is 9.59. The standard InChI is InChI=1S/C23H39N5O3S/c1-2-31-22(30)28-16-9-19(10-17-28)26-20(29)23(11-14-24-15-12-23)27-21(32)25-13-8-18-6-4-3-5-7-18/h6,19,24H,2-5,7-17H2,1H3,(H,26,29)(H2,25,27,32). The zero-order valence-electron chi connectivity index (χ0n) is 19.3. The molecule has 3 rings (SSSR count). The molecule has 2 saturated heterocycles. The number of carbonyl (C=O) groups excluding carboxylic acids is 2. The highest BCUT2D eigenvalue weighted by Gasteiger charge is 2.41. The SMILES string of the molecule is CCOC(=O)N1CCC(NC(=O)C2(NC(=S)NCCC3=CCCCC3)CCNCC2)CC1. The summed E-state index contributed by atoms with van der Waals surface area (Å²) in [5.41, 5.74) is 0.813. The molecule has 32 heavy (non-hydrogen) atoms. The van der Waals surface area contributed by atoms with Gasteiger partial charge >= 0.3 is 6.09 Å². The predicted octanol–water partition coefficient (Wildman–Crippen LogP) is 2.20. The van der Waals surface area contributed by atoms with Crippen molar-refractivity contribution in [3.05, 3.63) is 11.6 Å². The summed E-state index contributed by atoms with van der Waals surface area (Å²) in [6.07, 6.45) is 10.9. The van der Waals surface area contributed by atoms with Crippen molar-refractivity contribution in [3.8, 4) is 0 Å². The van der Waals surface area contributed by atoms with E-state index >= 15 is 0 Å². The molecule has 9 heteroatoms. The van der Waals surface area contributed by atoms with Gasteiger partial charge in [-0.1, -0.05) is 11.6 Å². The monoisotopic (exact) mass is 465 g/mol. The molecule has 4 N–H and O–H groups in total. The quantitative estimate of drug-likeness (QED) is 0.338. The van der Waals surface area contributed by atoms with Crippen molar-refractivity contribution in [1.29, 1.82) is 0 Å². The third kappa shape index (κ3) is 7.07. The molecule has 3 aliphatic rings. The normalized spacial score (nSPS) is 21.3. The maximum atomic E-state index is 13.4. The first-order valence-electron chi connectivity index (χ1n) is 12.2. The molecule has 0 unspecified atom stereocenters. The zero-order chi connectivity index (χ0) is 22.8. The molecule has 2 amide bonds. The molecule has 0 bridgehead atoms. The number of hydrogen-bond acceptors (Lipinski definition) is 5. The minimum absolute atomic E-state index is 0.00715. The van der Waals surface area contributed by atoms with Gasteiger partial charge in [0.25, 0.3) is 0 Å². The van der Waals surface area contributed by atoms with Crippen LogP contribution in [0.4, 0.5) is 4.79 Å². The Hall–Kier alpha value is -1.87. The minimum atomic E-state index is -0.697. The topological polar surface area (TPSA) is 94.7 Å². The van der Waals surface area contributed by atoms with Crippen LogP contribution in [0.15, 0.2) is 11.6 Å². The van der Waals surface area contributed by atoms with Crippen LogP contribution in [0.2, 0.25) is 0 Å². The summed E-state index contributed by atoms with van der Waals surface area (Å²) in [5, 5.41) is 13.8. The van der Waals surface area contributed by atoms with Crippen LogP contribution in [0.5, 0.6) is 0 Å². The summed E-state index contributed by atoms with van der Waals surface area (Å²) in [6.45, 7) is 5.73. The second-order valence-electron chi connectivity index (χ2n) is 9.00. The number of piperidine rings is 2. The van der Waals surface area contributed by atoms with Gasteiger partial charge in [-0.25, -0.2) is 4.79 Å². The average molecular weight is 466 g/mol. The van der Waals surface area contributed by atoms with Crippen LogP contribution in [0.3, 0.4) is 0 Å². The van der Waals surface area contributed by atoms with E-state index in [0.717, 1.165) is 38.9 Å². The number of nitrogens with one attached hydrogen (secondary N) is 4. The van der Waals surface area contributed by atoms with Crippen LogP contribution in [0.1, 0.15) is 64.7 Å². The van der Waals surface area contributed by atoms with Crippen molar-refractivity contribution in [1.82, 2.24) is 26.2 Å². The summed E-state index contributed by atoms with van der Waals surface area (Å²) in [5.74, 6) is 0.00715. The summed E-state index contributed by atoms with van der Waals surface area (Å²) in [7, 11) is 0. The smallest absolute Gasteiger partial charge is 0.409 e. The lowest BCUT2D eigenvalue weighted by Gasteiger charge is -2.40. The Morgan fingerprint density at radius 1 is 1.25 bits per heavy atom. The Morgan fingerprint density at radius 2 is 2.00 bits per heavy atom. The molecule has 0 radical (unpaired) electrons. The Bertz CT molecular complexity index is 685. The lowest BCUT2D eigenvalue weighted by Crippen LogP contribution is -2.65. The van der Waals surface area contributed by atoms with Crippen LogP contribution in [0.25, 0.3) is 0 Å². The summed E-state index contributed by atoms with van der Waals surface area (Å²) >= 11 is 5.57. The van der Waals surface area contributed by atoms with Crippen LogP contribution >= 0.6 is 12.2 Å². The molecule has 0 aromatic carbocycles. The number of carbonyl (C=O) groups is 2. The van der Waals surface area contributed by atoms with Gasteiger partial charge in [-0.15, -0.1) is 0 Å². The fourth-order valence-electron chi connectivity index (χ4n) is 4.74. The fourth-order valence-corrected chi connectivity index (χ4v) is 5.03. The summed E-state index contributed by atoms with van der Waals surface area (Å²) in [4.78, 5) is 27.0. The Labute approximate surface area is 197 Å². The number of likely N-dealkylation sites (tertiary alicyclic amines) is 1. The van der Waals surface area contributed by atoms with E-state index in [2.05, 4.69) is 27.3 Å². The Morgan fingerprint density at radius 3 is 2.66 bits per heavy atom. The zero-order valence-corrected chi connectivity index (χ0v) is 20.2. The van der Waals surface area contributed by atoms with Gasteiger partial charge in [0.1, 0.15) is 5.54 Å². The molecule has 180 valence electrons. The fraction of sp³-hybridized carbons (Fsp3) is 0.783. The van der Waals surface area contributed by atoms with Crippen molar-refractivity contribution < 1.29 is 14.3 Å². The van der Waals surface area contributed by atoms with E-state index in [9.17, 15) is 9.59 Å². The van der Waals surface area contributed by atoms with Crippen molar-refractivity contribution >= 4 is 29.3 Å². The van der Waals surface area contributed by atoms with Crippen LogP contribution in [-0.4, -0.2) is 72.9 Å². The first-order chi connectivity index (χ1) is 15.5. The number of nitrogens with zero attached hydrogens (tertiary/aromatic N) is 1. The molecule has 2 fully saturated rings. The number of thiocarbonyl (C=S) groups is 1. The molecular formula is C23H39N5O3S. The number of hydrogen-bond donors (Lipinski definition) is 4. The van der Waals surface area contributed by atoms with E-state index in [1.54, 1.807) is 4.90 Å². The highest BCUT2D eigenvalue weighted by atomic mass is 32.1. The van der Waals surface area contributed by atoms with Gasteiger partial charge in [0, 0.05) is 25.7 Å². The number of amides is 2. The molecule has 0 spiro atoms. The highest BCUT2D eigenvalue weighted by molar-refractivity contribution is 7.80. The van der Waals surface area contributed by atoms with E-state index in [-0.39, 0.29) is 18.0 Å². The molecular weight excluding hydrogens is 426 g/mol. The lowest BCUT2D eigenvalue weighted by molar-refractivity contribution is -0.129. The van der Waals surface area contributed by atoms with Crippen molar-refractivity contribution in [3.63, 3.8) is 0 Å². The summed E-state index contributed by atoms with van der Waals surface area (Å²) < 4.78 is 5.08. The number of ether oxygens (including phenoxy) is 1. The molecule has 0 atom stereocenters. The maximum Gasteiger partial charge on any atom is 0.409 e. The lowest BCUT2D eigenvalue weighted by atomic mass is 9.86. The van der Waals surface area contributed by atoms with Crippen molar-refractivity contribution in [2.75, 3.05) is 39.3 Å². The molecule has 0 aromatic heterocycles. The van der Waals surface area contributed by atoms with Gasteiger partial charge in [-0.3, -0.25) is 4.79 Å². The van der Waals surface area contributed by atoms with Crippen LogP contribution < -0.4 is 21.3 Å². The molecule has 8 nitrogen and oxygen atoms in total. The second kappa shape index (κ2) is 12.4. The van der Waals surface area contributed by atoms with E-state index in [4.69, 9.17) is 17.0 Å². The summed E-state index contributed by atoms with van der Waals surface area (Å²) in [6, 6.07) is 0.0570. The molecule has 2 aliphatic heterocycles. The Balaban J connectivity index is 1.48. The van der Waals surface area contributed by atoms with Gasteiger partial charge < -0.3 is 30.9 Å². The third-order valence-corrected chi connectivity index (χ3v) is 6.96. The molecule has 0 saturated carbocycles. The third-order valence-electron chi connectivity index (χ3n) is 6.72. The first-order valence-corrected chi connectivity index (χ1v) is 12.6. The molecule has 0 aromatic rings. The first kappa shape index (κ1) is 24.8. The van der Waals surface area contributed by atoms with Gasteiger partial charge in [0.15, 0.2) is 5.11 Å². The van der Waals surface area contributed by atoms with Gasteiger partial charge in [0.2, 0.25) is 5.91 Å². The average Bonchev–Trinajstić information content (AvgIpc) is 2.81. The van der Waals surface area contributed by atoms with E-state index in [1.165, 1.54) is 31.3 Å². The van der Waals surface area contributed by atoms with E-state index in [0.29, 0.717) is 37.7 Å². The van der Waals surface area contributed by atoms with Crippen molar-refractivity contribution in [2.24, 2.45) is 0 Å². The predicted molar refractivity (Wildman–Crippen MR) is 129 cm³/mol. The van der Waals surface area contributed by atoms with E-state index in [1.807, 2.05) is 6.92 Å². The second-order valence-corrected chi connectivity index (χ2v) is 9.41. The van der Waals surface area contributed by atoms with E-state index < -0.39 is 5.54 Å². The number of rotatable bonds is 7. The highest BCUT2D eigenvalue weighted by Crippen LogP contribution is 2.22. The van der Waals surface area contributed by atoms with Crippen molar-refractivity contribution in [2.45, 2.75) is 76.3 Å². The van der Waals surface area contributed by atoms with Crippen LogP contribution in [0, 0.1) is 0 Å². The molecule has 1 aliphatic carbocycles. The minimum Gasteiger partial charge on any atom is -0.450 e. The maximum absolute atomic E-state index is 13.4. The van der Waals surface area contributed by atoms with Gasteiger partial charge in [-0.2, -0.15) is 0 Å². The van der Waals surface area contributed by atoms with Gasteiger partial charge in [0.05, 0.1) is 6.61 Å². The molecule has 2 heterocycles.